The molecule has 0 unspecified atom stereocenters. The number of anilines is 1. The number of carbonyl (C=O) groups excluding carboxylic acids is 1. The van der Waals surface area contributed by atoms with E-state index in [1.54, 1.807) is 10.9 Å². The van der Waals surface area contributed by atoms with Crippen LogP contribution in [0.1, 0.15) is 51.4 Å². The average Bonchev–Trinajstić information content (AvgIpc) is 3.03. The molecule has 0 bridgehead atoms. The van der Waals surface area contributed by atoms with Gasteiger partial charge in [-0.05, 0) is 25.3 Å². The van der Waals surface area contributed by atoms with E-state index < -0.39 is 5.97 Å². The number of thiophene rings is 1. The molecule has 2 aromatic heterocycles. The van der Waals surface area contributed by atoms with Crippen LogP contribution in [0.15, 0.2) is 12.4 Å². The molecule has 2 rings (SSSR count). The van der Waals surface area contributed by atoms with Gasteiger partial charge in [0, 0.05) is 17.6 Å². The molecule has 22 heavy (non-hydrogen) atoms. The molecular formula is C15H19N3O3S. The van der Waals surface area contributed by atoms with Gasteiger partial charge in [0.05, 0.1) is 17.3 Å². The van der Waals surface area contributed by atoms with E-state index in [1.807, 2.05) is 20.8 Å². The van der Waals surface area contributed by atoms with Crippen molar-refractivity contribution in [2.75, 3.05) is 5.32 Å². The van der Waals surface area contributed by atoms with Crippen LogP contribution in [-0.2, 0) is 13.0 Å². The quantitative estimate of drug-likeness (QED) is 0.856. The minimum absolute atomic E-state index is 0.194. The molecule has 6 nitrogen and oxygen atoms in total. The third kappa shape index (κ3) is 3.19. The number of carboxylic acids is 1. The van der Waals surface area contributed by atoms with Gasteiger partial charge >= 0.3 is 5.97 Å². The molecular weight excluding hydrogens is 302 g/mol. The molecule has 0 aliphatic rings. The van der Waals surface area contributed by atoms with Gasteiger partial charge in [-0.2, -0.15) is 5.10 Å². The predicted molar refractivity (Wildman–Crippen MR) is 85.9 cm³/mol. The summed E-state index contributed by atoms with van der Waals surface area (Å²) < 4.78 is 1.70. The number of carbonyl (C=O) groups is 2. The number of amides is 1. The number of nitrogens with one attached hydrogen (secondary N) is 1. The molecule has 0 aliphatic heterocycles. The molecule has 118 valence electrons. The van der Waals surface area contributed by atoms with E-state index in [4.69, 9.17) is 0 Å². The van der Waals surface area contributed by atoms with Crippen molar-refractivity contribution in [1.82, 2.24) is 9.78 Å². The zero-order valence-corrected chi connectivity index (χ0v) is 13.7. The lowest BCUT2D eigenvalue weighted by Crippen LogP contribution is -2.13. The standard InChI is InChI=1S/C15H19N3O3S/c1-4-6-18-8-10(7-16-18)13(19)17-14-12(15(20)21)11(5-2)9(3)22-14/h7-8H,4-6H2,1-3H3,(H,17,19)(H,20,21). The Morgan fingerprint density at radius 3 is 2.73 bits per heavy atom. The fourth-order valence-corrected chi connectivity index (χ4v) is 3.46. The average molecular weight is 321 g/mol. The number of hydrogen-bond acceptors (Lipinski definition) is 4. The van der Waals surface area contributed by atoms with Crippen molar-refractivity contribution in [1.29, 1.82) is 0 Å². The Labute approximate surface area is 132 Å². The zero-order valence-electron chi connectivity index (χ0n) is 12.8. The van der Waals surface area contributed by atoms with Gasteiger partial charge in [0.1, 0.15) is 5.00 Å². The number of hydrogen-bond donors (Lipinski definition) is 2. The minimum Gasteiger partial charge on any atom is -0.478 e. The Hall–Kier alpha value is -2.15. The van der Waals surface area contributed by atoms with Gasteiger partial charge in [0.25, 0.3) is 5.91 Å². The highest BCUT2D eigenvalue weighted by Crippen LogP contribution is 2.33. The lowest BCUT2D eigenvalue weighted by molar-refractivity contribution is 0.0697. The Morgan fingerprint density at radius 2 is 2.14 bits per heavy atom. The lowest BCUT2D eigenvalue weighted by Gasteiger charge is -2.03. The summed E-state index contributed by atoms with van der Waals surface area (Å²) in [4.78, 5) is 24.6. The molecule has 0 saturated carbocycles. The summed E-state index contributed by atoms with van der Waals surface area (Å²) in [6.07, 6.45) is 4.71. The van der Waals surface area contributed by atoms with Crippen molar-refractivity contribution in [3.05, 3.63) is 34.0 Å². The van der Waals surface area contributed by atoms with Crippen molar-refractivity contribution in [3.8, 4) is 0 Å². The van der Waals surface area contributed by atoms with E-state index in [0.29, 0.717) is 17.0 Å². The van der Waals surface area contributed by atoms with Crippen molar-refractivity contribution in [2.45, 2.75) is 40.2 Å². The van der Waals surface area contributed by atoms with Crippen LogP contribution in [0.2, 0.25) is 0 Å². The van der Waals surface area contributed by atoms with E-state index in [-0.39, 0.29) is 11.5 Å². The van der Waals surface area contributed by atoms with Crippen molar-refractivity contribution >= 4 is 28.2 Å². The van der Waals surface area contributed by atoms with Gasteiger partial charge in [0.15, 0.2) is 0 Å². The number of rotatable bonds is 6. The van der Waals surface area contributed by atoms with Crippen LogP contribution in [-0.4, -0.2) is 26.8 Å². The SMILES string of the molecule is CCCn1cc(C(=O)Nc2sc(C)c(CC)c2C(=O)O)cn1. The molecule has 7 heteroatoms. The first kappa shape index (κ1) is 16.2. The van der Waals surface area contributed by atoms with E-state index >= 15 is 0 Å². The van der Waals surface area contributed by atoms with Crippen molar-refractivity contribution < 1.29 is 14.7 Å². The Morgan fingerprint density at radius 1 is 1.41 bits per heavy atom. The van der Waals surface area contributed by atoms with Crippen LogP contribution in [0.5, 0.6) is 0 Å². The molecule has 1 amide bonds. The monoisotopic (exact) mass is 321 g/mol. The molecule has 0 aliphatic carbocycles. The molecule has 2 N–H and O–H groups in total. The summed E-state index contributed by atoms with van der Waals surface area (Å²) in [6, 6.07) is 0. The second-order valence-electron chi connectivity index (χ2n) is 4.95. The largest absolute Gasteiger partial charge is 0.478 e. The van der Waals surface area contributed by atoms with E-state index in [1.165, 1.54) is 17.5 Å². The Kier molecular flexibility index (Phi) is 4.97. The smallest absolute Gasteiger partial charge is 0.339 e. The number of aromatic nitrogens is 2. The zero-order chi connectivity index (χ0) is 16.3. The van der Waals surface area contributed by atoms with E-state index in [9.17, 15) is 14.7 Å². The first-order valence-corrected chi connectivity index (χ1v) is 7.98. The Balaban J connectivity index is 2.26. The summed E-state index contributed by atoms with van der Waals surface area (Å²) in [7, 11) is 0. The number of aromatic carboxylic acids is 1. The fraction of sp³-hybridized carbons (Fsp3) is 0.400. The van der Waals surface area contributed by atoms with Gasteiger partial charge in [-0.25, -0.2) is 4.79 Å². The summed E-state index contributed by atoms with van der Waals surface area (Å²) in [6.45, 7) is 6.54. The van der Waals surface area contributed by atoms with Crippen LogP contribution < -0.4 is 5.32 Å². The van der Waals surface area contributed by atoms with Gasteiger partial charge in [-0.15, -0.1) is 11.3 Å². The molecule has 0 atom stereocenters. The number of carboxylic acid groups (broad SMARTS) is 1. The highest BCUT2D eigenvalue weighted by molar-refractivity contribution is 7.16. The molecule has 0 radical (unpaired) electrons. The second-order valence-corrected chi connectivity index (χ2v) is 6.17. The maximum Gasteiger partial charge on any atom is 0.339 e. The maximum absolute atomic E-state index is 12.3. The topological polar surface area (TPSA) is 84.2 Å². The highest BCUT2D eigenvalue weighted by atomic mass is 32.1. The molecule has 0 saturated heterocycles. The van der Waals surface area contributed by atoms with E-state index in [0.717, 1.165) is 23.4 Å². The third-order valence-electron chi connectivity index (χ3n) is 3.35. The van der Waals surface area contributed by atoms with E-state index in [2.05, 4.69) is 10.4 Å². The molecule has 0 aromatic carbocycles. The normalized spacial score (nSPS) is 10.7. The lowest BCUT2D eigenvalue weighted by atomic mass is 10.1. The molecule has 0 spiro atoms. The fourth-order valence-electron chi connectivity index (χ4n) is 2.33. The minimum atomic E-state index is -1.02. The van der Waals surface area contributed by atoms with Gasteiger partial charge in [0.2, 0.25) is 0 Å². The molecule has 2 aromatic rings. The summed E-state index contributed by atoms with van der Waals surface area (Å²) in [5.41, 5.74) is 1.39. The van der Waals surface area contributed by atoms with Gasteiger partial charge in [-0.3, -0.25) is 9.48 Å². The van der Waals surface area contributed by atoms with Crippen LogP contribution in [0.25, 0.3) is 0 Å². The molecule has 0 fully saturated rings. The Bertz CT molecular complexity index is 703. The number of nitrogens with zero attached hydrogens (tertiary/aromatic N) is 2. The summed E-state index contributed by atoms with van der Waals surface area (Å²) in [5, 5.41) is 16.6. The van der Waals surface area contributed by atoms with Crippen molar-refractivity contribution in [3.63, 3.8) is 0 Å². The second kappa shape index (κ2) is 6.74. The van der Waals surface area contributed by atoms with Crippen LogP contribution in [0.3, 0.4) is 0 Å². The first-order valence-electron chi connectivity index (χ1n) is 7.17. The van der Waals surface area contributed by atoms with Gasteiger partial charge in [-0.1, -0.05) is 13.8 Å². The predicted octanol–water partition coefficient (Wildman–Crippen LogP) is 3.18. The number of aryl methyl sites for hydroxylation is 2. The molecule has 2 heterocycles. The maximum atomic E-state index is 12.3. The van der Waals surface area contributed by atoms with Crippen LogP contribution >= 0.6 is 11.3 Å². The third-order valence-corrected chi connectivity index (χ3v) is 4.41. The summed E-state index contributed by atoms with van der Waals surface area (Å²) in [5.74, 6) is -1.35. The van der Waals surface area contributed by atoms with Gasteiger partial charge < -0.3 is 10.4 Å². The van der Waals surface area contributed by atoms with Crippen LogP contribution in [0.4, 0.5) is 5.00 Å². The van der Waals surface area contributed by atoms with Crippen LogP contribution in [0, 0.1) is 6.92 Å². The summed E-state index contributed by atoms with van der Waals surface area (Å²) >= 11 is 1.29. The highest BCUT2D eigenvalue weighted by Gasteiger charge is 2.22. The first-order chi connectivity index (χ1) is 10.5. The van der Waals surface area contributed by atoms with Crippen molar-refractivity contribution in [2.24, 2.45) is 0 Å².